The molecule has 0 spiro atoms. The third kappa shape index (κ3) is 2.78. The highest BCUT2D eigenvalue weighted by atomic mass is 15.3. The molecule has 2 bridgehead atoms. The van der Waals surface area contributed by atoms with Gasteiger partial charge >= 0.3 is 0 Å². The first-order valence-electron chi connectivity index (χ1n) is 8.56. The first kappa shape index (κ1) is 14.1. The Labute approximate surface area is 123 Å². The quantitative estimate of drug-likeness (QED) is 0.821. The number of hydrogen-bond donors (Lipinski definition) is 1. The van der Waals surface area contributed by atoms with Gasteiger partial charge in [-0.1, -0.05) is 20.3 Å². The Hall–Kier alpha value is -0.830. The van der Waals surface area contributed by atoms with Crippen LogP contribution in [-0.4, -0.2) is 16.3 Å². The van der Waals surface area contributed by atoms with Crippen molar-refractivity contribution in [2.45, 2.75) is 65.0 Å². The molecular weight excluding hydrogens is 246 g/mol. The van der Waals surface area contributed by atoms with Crippen molar-refractivity contribution in [2.24, 2.45) is 17.8 Å². The van der Waals surface area contributed by atoms with E-state index in [1.165, 1.54) is 37.8 Å². The number of aryl methyl sites for hydroxylation is 1. The summed E-state index contributed by atoms with van der Waals surface area (Å²) in [5, 5.41) is 8.22. The topological polar surface area (TPSA) is 29.9 Å². The maximum Gasteiger partial charge on any atom is 0.0553 e. The first-order valence-corrected chi connectivity index (χ1v) is 8.56. The third-order valence-electron chi connectivity index (χ3n) is 5.42. The lowest BCUT2D eigenvalue weighted by Gasteiger charge is -2.27. The van der Waals surface area contributed by atoms with Crippen LogP contribution in [0.1, 0.15) is 64.1 Å². The van der Waals surface area contributed by atoms with Crippen LogP contribution in [0.2, 0.25) is 0 Å². The molecule has 0 aliphatic heterocycles. The average Bonchev–Trinajstić information content (AvgIpc) is 3.14. The van der Waals surface area contributed by atoms with Gasteiger partial charge in [-0.25, -0.2) is 0 Å². The lowest BCUT2D eigenvalue weighted by atomic mass is 9.83. The van der Waals surface area contributed by atoms with Gasteiger partial charge in [0, 0.05) is 18.8 Å². The van der Waals surface area contributed by atoms with Crippen LogP contribution in [-0.2, 0) is 6.54 Å². The van der Waals surface area contributed by atoms with Crippen molar-refractivity contribution in [3.8, 4) is 0 Å². The molecule has 20 heavy (non-hydrogen) atoms. The van der Waals surface area contributed by atoms with Gasteiger partial charge in [-0.3, -0.25) is 4.68 Å². The van der Waals surface area contributed by atoms with E-state index in [4.69, 9.17) is 0 Å². The number of hydrogen-bond acceptors (Lipinski definition) is 2. The Morgan fingerprint density at radius 3 is 2.90 bits per heavy atom. The van der Waals surface area contributed by atoms with Gasteiger partial charge in [0.2, 0.25) is 0 Å². The van der Waals surface area contributed by atoms with Crippen LogP contribution in [0.15, 0.2) is 12.3 Å². The Kier molecular flexibility index (Phi) is 4.45. The molecule has 0 saturated heterocycles. The molecule has 2 fully saturated rings. The molecule has 1 aromatic rings. The molecule has 3 nitrogen and oxygen atoms in total. The van der Waals surface area contributed by atoms with Crippen molar-refractivity contribution in [1.29, 1.82) is 0 Å². The summed E-state index contributed by atoms with van der Waals surface area (Å²) in [6, 6.07) is 2.72. The Morgan fingerprint density at radius 1 is 1.35 bits per heavy atom. The molecule has 4 unspecified atom stereocenters. The normalized spacial score (nSPS) is 30.0. The maximum absolute atomic E-state index is 4.51. The van der Waals surface area contributed by atoms with E-state index in [2.05, 4.69) is 35.0 Å². The summed E-state index contributed by atoms with van der Waals surface area (Å²) in [4.78, 5) is 0. The van der Waals surface area contributed by atoms with E-state index in [0.717, 1.165) is 37.3 Å². The van der Waals surface area contributed by atoms with Gasteiger partial charge in [0.1, 0.15) is 0 Å². The molecule has 2 aliphatic carbocycles. The van der Waals surface area contributed by atoms with Crippen LogP contribution in [0.3, 0.4) is 0 Å². The lowest BCUT2D eigenvalue weighted by Crippen LogP contribution is -2.27. The minimum Gasteiger partial charge on any atom is -0.309 e. The standard InChI is InChI=1S/C17H29N3/c1-3-9-20-17(7-8-19-20)16(18-4-2)12-15-11-13-5-6-14(15)10-13/h7-8,13-16,18H,3-6,9-12H2,1-2H3. The summed E-state index contributed by atoms with van der Waals surface area (Å²) >= 11 is 0. The molecule has 4 atom stereocenters. The molecule has 0 radical (unpaired) electrons. The van der Waals surface area contributed by atoms with Crippen molar-refractivity contribution >= 4 is 0 Å². The molecule has 3 rings (SSSR count). The Balaban J connectivity index is 1.70. The predicted octanol–water partition coefficient (Wildman–Crippen LogP) is 3.77. The van der Waals surface area contributed by atoms with Gasteiger partial charge in [0.25, 0.3) is 0 Å². The van der Waals surface area contributed by atoms with Crippen LogP contribution >= 0.6 is 0 Å². The number of aromatic nitrogens is 2. The molecule has 2 saturated carbocycles. The zero-order valence-electron chi connectivity index (χ0n) is 13.0. The van der Waals surface area contributed by atoms with Crippen molar-refractivity contribution in [2.75, 3.05) is 6.54 Å². The number of nitrogens with one attached hydrogen (secondary N) is 1. The zero-order chi connectivity index (χ0) is 13.9. The summed E-state index contributed by atoms with van der Waals surface area (Å²) in [7, 11) is 0. The fourth-order valence-electron chi connectivity index (χ4n) is 4.56. The Bertz CT molecular complexity index is 426. The van der Waals surface area contributed by atoms with E-state index in [-0.39, 0.29) is 0 Å². The minimum atomic E-state index is 0.499. The van der Waals surface area contributed by atoms with Crippen molar-refractivity contribution in [3.63, 3.8) is 0 Å². The van der Waals surface area contributed by atoms with E-state index >= 15 is 0 Å². The van der Waals surface area contributed by atoms with E-state index in [1.54, 1.807) is 0 Å². The number of rotatable bonds is 7. The van der Waals surface area contributed by atoms with E-state index in [9.17, 15) is 0 Å². The second kappa shape index (κ2) is 6.30. The predicted molar refractivity (Wildman–Crippen MR) is 82.5 cm³/mol. The van der Waals surface area contributed by atoms with Crippen LogP contribution in [0, 0.1) is 17.8 Å². The van der Waals surface area contributed by atoms with Crippen LogP contribution in [0.4, 0.5) is 0 Å². The van der Waals surface area contributed by atoms with Crippen molar-refractivity contribution in [1.82, 2.24) is 15.1 Å². The molecular formula is C17H29N3. The summed E-state index contributed by atoms with van der Waals surface area (Å²) in [5.41, 5.74) is 1.40. The molecule has 1 heterocycles. The molecule has 0 aromatic carbocycles. The lowest BCUT2D eigenvalue weighted by molar-refractivity contribution is 0.274. The second-order valence-electron chi connectivity index (χ2n) is 6.76. The highest BCUT2D eigenvalue weighted by Crippen LogP contribution is 2.50. The summed E-state index contributed by atoms with van der Waals surface area (Å²) in [6.45, 7) is 6.53. The molecule has 0 amide bonds. The molecule has 1 aromatic heterocycles. The van der Waals surface area contributed by atoms with Crippen molar-refractivity contribution in [3.05, 3.63) is 18.0 Å². The van der Waals surface area contributed by atoms with Gasteiger partial charge in [0.05, 0.1) is 5.69 Å². The fourth-order valence-corrected chi connectivity index (χ4v) is 4.56. The molecule has 3 heteroatoms. The largest absolute Gasteiger partial charge is 0.309 e. The summed E-state index contributed by atoms with van der Waals surface area (Å²) in [5.74, 6) is 3.01. The first-order chi connectivity index (χ1) is 9.81. The summed E-state index contributed by atoms with van der Waals surface area (Å²) in [6.07, 6.45) is 10.4. The van der Waals surface area contributed by atoms with Gasteiger partial charge in [0.15, 0.2) is 0 Å². The Morgan fingerprint density at radius 2 is 2.25 bits per heavy atom. The summed E-state index contributed by atoms with van der Waals surface area (Å²) < 4.78 is 2.21. The van der Waals surface area contributed by atoms with E-state index < -0.39 is 0 Å². The molecule has 1 N–H and O–H groups in total. The smallest absolute Gasteiger partial charge is 0.0553 e. The average molecular weight is 275 g/mol. The van der Waals surface area contributed by atoms with Gasteiger partial charge in [-0.2, -0.15) is 5.10 Å². The third-order valence-corrected chi connectivity index (χ3v) is 5.42. The van der Waals surface area contributed by atoms with E-state index in [1.807, 2.05) is 6.20 Å². The monoisotopic (exact) mass is 275 g/mol. The highest BCUT2D eigenvalue weighted by molar-refractivity contribution is 5.08. The van der Waals surface area contributed by atoms with Crippen LogP contribution in [0.5, 0.6) is 0 Å². The molecule has 112 valence electrons. The zero-order valence-corrected chi connectivity index (χ0v) is 13.0. The van der Waals surface area contributed by atoms with Crippen LogP contribution < -0.4 is 5.32 Å². The van der Waals surface area contributed by atoms with Gasteiger partial charge < -0.3 is 5.32 Å². The SMILES string of the molecule is CCCn1nccc1C(CC1CC2CCC1C2)NCC. The minimum absolute atomic E-state index is 0.499. The fraction of sp³-hybridized carbons (Fsp3) is 0.824. The van der Waals surface area contributed by atoms with Crippen LogP contribution in [0.25, 0.3) is 0 Å². The highest BCUT2D eigenvalue weighted by Gasteiger charge is 2.40. The van der Waals surface area contributed by atoms with E-state index in [0.29, 0.717) is 6.04 Å². The number of nitrogens with zero attached hydrogens (tertiary/aromatic N) is 2. The second-order valence-corrected chi connectivity index (χ2v) is 6.76. The maximum atomic E-state index is 4.51. The van der Waals surface area contributed by atoms with Gasteiger partial charge in [-0.05, 0) is 62.5 Å². The van der Waals surface area contributed by atoms with Crippen molar-refractivity contribution < 1.29 is 0 Å². The van der Waals surface area contributed by atoms with Gasteiger partial charge in [-0.15, -0.1) is 0 Å². The number of fused-ring (bicyclic) bond motifs is 2. The molecule has 2 aliphatic rings.